The van der Waals surface area contributed by atoms with Gasteiger partial charge in [-0.05, 0) is 48.4 Å². The van der Waals surface area contributed by atoms with Crippen molar-refractivity contribution in [2.24, 2.45) is 0 Å². The lowest BCUT2D eigenvalue weighted by molar-refractivity contribution is 0.510. The van der Waals surface area contributed by atoms with Gasteiger partial charge in [-0.1, -0.05) is 24.3 Å². The second-order valence-electron chi connectivity index (χ2n) is 7.18. The number of hydrogen-bond acceptors (Lipinski definition) is 3. The monoisotopic (exact) mass is 443 g/mol. The summed E-state index contributed by atoms with van der Waals surface area (Å²) in [6, 6.07) is 13.0. The van der Waals surface area contributed by atoms with Crippen LogP contribution < -0.4 is 5.43 Å². The van der Waals surface area contributed by atoms with Gasteiger partial charge in [0.15, 0.2) is 11.6 Å². The van der Waals surface area contributed by atoms with Crippen LogP contribution >= 0.6 is 0 Å². The number of aryl methyl sites for hydroxylation is 1. The van der Waals surface area contributed by atoms with E-state index in [4.69, 9.17) is 0 Å². The number of benzene rings is 3. The quantitative estimate of drug-likeness (QED) is 0.463. The van der Waals surface area contributed by atoms with E-state index in [-0.39, 0.29) is 22.3 Å². The summed E-state index contributed by atoms with van der Waals surface area (Å²) in [7, 11) is -4.24. The minimum atomic E-state index is -4.24. The van der Waals surface area contributed by atoms with Gasteiger partial charge in [0, 0.05) is 18.8 Å². The van der Waals surface area contributed by atoms with Gasteiger partial charge >= 0.3 is 0 Å². The van der Waals surface area contributed by atoms with E-state index in [1.54, 1.807) is 19.1 Å². The number of nitrogens with zero attached hydrogens (tertiary/aromatic N) is 1. The van der Waals surface area contributed by atoms with Gasteiger partial charge in [-0.2, -0.15) is 0 Å². The zero-order chi connectivity index (χ0) is 22.3. The minimum Gasteiger partial charge on any atom is -0.341 e. The summed E-state index contributed by atoms with van der Waals surface area (Å²) >= 11 is 0. The molecule has 31 heavy (non-hydrogen) atoms. The number of halogens is 3. The van der Waals surface area contributed by atoms with Crippen LogP contribution in [0.25, 0.3) is 10.9 Å². The van der Waals surface area contributed by atoms with Gasteiger partial charge in [-0.3, -0.25) is 4.79 Å². The molecule has 3 aromatic carbocycles. The maximum atomic E-state index is 13.9. The molecular formula is C23H16F3NO3S. The van der Waals surface area contributed by atoms with Crippen molar-refractivity contribution in [1.29, 1.82) is 0 Å². The molecule has 0 bridgehead atoms. The molecule has 0 aliphatic carbocycles. The first kappa shape index (κ1) is 20.9. The van der Waals surface area contributed by atoms with Gasteiger partial charge in [-0.15, -0.1) is 0 Å². The zero-order valence-corrected chi connectivity index (χ0v) is 17.1. The van der Waals surface area contributed by atoms with Gasteiger partial charge < -0.3 is 4.57 Å². The standard InChI is InChI=1S/C23H16F3NO3S/c1-14-3-2-4-17(9-14)31(29,30)22-13-27(12-15-5-7-16(24)8-6-15)21-11-20(26)19(25)10-18(21)23(22)28/h2-11,13H,12H2,1H3. The van der Waals surface area contributed by atoms with Crippen molar-refractivity contribution in [1.82, 2.24) is 4.57 Å². The van der Waals surface area contributed by atoms with E-state index in [1.165, 1.54) is 41.0 Å². The molecule has 0 amide bonds. The Kier molecular flexibility index (Phi) is 5.18. The summed E-state index contributed by atoms with van der Waals surface area (Å²) in [6.07, 6.45) is 1.11. The van der Waals surface area contributed by atoms with Crippen molar-refractivity contribution in [2.75, 3.05) is 0 Å². The van der Waals surface area contributed by atoms with Gasteiger partial charge in [0.05, 0.1) is 15.8 Å². The van der Waals surface area contributed by atoms with E-state index < -0.39 is 37.6 Å². The van der Waals surface area contributed by atoms with Crippen LogP contribution in [-0.2, 0) is 16.4 Å². The third-order valence-electron chi connectivity index (χ3n) is 4.95. The summed E-state index contributed by atoms with van der Waals surface area (Å²) in [5.74, 6) is -2.89. The van der Waals surface area contributed by atoms with E-state index in [2.05, 4.69) is 0 Å². The van der Waals surface area contributed by atoms with E-state index in [9.17, 15) is 26.4 Å². The molecule has 1 aromatic heterocycles. The summed E-state index contributed by atoms with van der Waals surface area (Å²) in [5, 5.41) is -0.269. The van der Waals surface area contributed by atoms with Crippen molar-refractivity contribution in [3.8, 4) is 0 Å². The van der Waals surface area contributed by atoms with E-state index in [0.717, 1.165) is 12.3 Å². The molecule has 0 N–H and O–H groups in total. The second kappa shape index (κ2) is 7.70. The molecule has 0 aliphatic rings. The van der Waals surface area contributed by atoms with E-state index in [0.29, 0.717) is 17.2 Å². The predicted molar refractivity (Wildman–Crippen MR) is 110 cm³/mol. The first-order valence-electron chi connectivity index (χ1n) is 9.25. The molecule has 0 fully saturated rings. The Balaban J connectivity index is 2.00. The molecule has 4 rings (SSSR count). The minimum absolute atomic E-state index is 0.0124. The fourth-order valence-corrected chi connectivity index (χ4v) is 4.85. The smallest absolute Gasteiger partial charge is 0.211 e. The van der Waals surface area contributed by atoms with Crippen molar-refractivity contribution in [3.05, 3.63) is 106 Å². The first-order chi connectivity index (χ1) is 14.7. The van der Waals surface area contributed by atoms with Crippen LogP contribution in [0.2, 0.25) is 0 Å². The number of rotatable bonds is 4. The summed E-state index contributed by atoms with van der Waals surface area (Å²) < 4.78 is 68.9. The molecule has 0 atom stereocenters. The van der Waals surface area contributed by atoms with Crippen LogP contribution in [0.4, 0.5) is 13.2 Å². The van der Waals surface area contributed by atoms with Crippen LogP contribution in [-0.4, -0.2) is 13.0 Å². The van der Waals surface area contributed by atoms with Gasteiger partial charge in [0.1, 0.15) is 10.7 Å². The number of hydrogen-bond donors (Lipinski definition) is 0. The lowest BCUT2D eigenvalue weighted by Crippen LogP contribution is -2.20. The van der Waals surface area contributed by atoms with E-state index >= 15 is 0 Å². The first-order valence-corrected chi connectivity index (χ1v) is 10.7. The highest BCUT2D eigenvalue weighted by Crippen LogP contribution is 2.24. The molecule has 1 heterocycles. The van der Waals surface area contributed by atoms with Crippen molar-refractivity contribution in [3.63, 3.8) is 0 Å². The van der Waals surface area contributed by atoms with Gasteiger partial charge in [0.2, 0.25) is 15.3 Å². The maximum absolute atomic E-state index is 13.9. The molecule has 4 nitrogen and oxygen atoms in total. The Morgan fingerprint density at radius 3 is 2.26 bits per heavy atom. The van der Waals surface area contributed by atoms with Gasteiger partial charge in [0.25, 0.3) is 0 Å². The number of pyridine rings is 1. The summed E-state index contributed by atoms with van der Waals surface area (Å²) in [4.78, 5) is 12.4. The van der Waals surface area contributed by atoms with Crippen LogP contribution in [0.15, 0.2) is 81.4 Å². The average molecular weight is 443 g/mol. The second-order valence-corrected chi connectivity index (χ2v) is 9.10. The number of sulfone groups is 1. The highest BCUT2D eigenvalue weighted by atomic mass is 32.2. The van der Waals surface area contributed by atoms with Crippen molar-refractivity contribution < 1.29 is 21.6 Å². The molecule has 0 spiro atoms. The van der Waals surface area contributed by atoms with Gasteiger partial charge in [-0.25, -0.2) is 21.6 Å². The molecule has 0 saturated heterocycles. The number of fused-ring (bicyclic) bond motifs is 1. The molecule has 4 aromatic rings. The molecule has 0 aliphatic heterocycles. The lowest BCUT2D eigenvalue weighted by atomic mass is 10.1. The molecular weight excluding hydrogens is 427 g/mol. The third kappa shape index (κ3) is 3.86. The molecule has 0 saturated carbocycles. The van der Waals surface area contributed by atoms with E-state index in [1.807, 2.05) is 0 Å². The van der Waals surface area contributed by atoms with Crippen LogP contribution in [0, 0.1) is 24.4 Å². The third-order valence-corrected chi connectivity index (χ3v) is 6.69. The Morgan fingerprint density at radius 1 is 0.903 bits per heavy atom. The fourth-order valence-electron chi connectivity index (χ4n) is 3.38. The Morgan fingerprint density at radius 2 is 1.58 bits per heavy atom. The lowest BCUT2D eigenvalue weighted by Gasteiger charge is -2.15. The largest absolute Gasteiger partial charge is 0.341 e. The maximum Gasteiger partial charge on any atom is 0.211 e. The zero-order valence-electron chi connectivity index (χ0n) is 16.3. The molecule has 158 valence electrons. The normalized spacial score (nSPS) is 11.7. The number of aromatic nitrogens is 1. The summed E-state index contributed by atoms with van der Waals surface area (Å²) in [5.41, 5.74) is 0.360. The molecule has 8 heteroatoms. The van der Waals surface area contributed by atoms with Crippen LogP contribution in [0.3, 0.4) is 0 Å². The Hall–Kier alpha value is -3.39. The van der Waals surface area contributed by atoms with Crippen LogP contribution in [0.5, 0.6) is 0 Å². The molecule has 0 unspecified atom stereocenters. The highest BCUT2D eigenvalue weighted by Gasteiger charge is 2.25. The average Bonchev–Trinajstić information content (AvgIpc) is 2.73. The Labute approximate surface area is 176 Å². The highest BCUT2D eigenvalue weighted by molar-refractivity contribution is 7.91. The molecule has 0 radical (unpaired) electrons. The van der Waals surface area contributed by atoms with Crippen LogP contribution in [0.1, 0.15) is 11.1 Å². The van der Waals surface area contributed by atoms with Crippen molar-refractivity contribution in [2.45, 2.75) is 23.3 Å². The topological polar surface area (TPSA) is 56.1 Å². The fraction of sp³-hybridized carbons (Fsp3) is 0.0870. The Bertz CT molecular complexity index is 1480. The summed E-state index contributed by atoms with van der Waals surface area (Å²) in [6.45, 7) is 1.73. The SMILES string of the molecule is Cc1cccc(S(=O)(=O)c2cn(Cc3ccc(F)cc3)c3cc(F)c(F)cc3c2=O)c1. The van der Waals surface area contributed by atoms with Crippen molar-refractivity contribution >= 4 is 20.7 Å². The predicted octanol–water partition coefficient (Wildman–Crippen LogP) is 4.61.